The van der Waals surface area contributed by atoms with Gasteiger partial charge in [0.2, 0.25) is 11.8 Å². The molecule has 2 heterocycles. The van der Waals surface area contributed by atoms with Crippen LogP contribution in [0.2, 0.25) is 0 Å². The van der Waals surface area contributed by atoms with Crippen LogP contribution in [0.25, 0.3) is 0 Å². The van der Waals surface area contributed by atoms with Crippen molar-refractivity contribution in [1.82, 2.24) is 20.0 Å². The first kappa shape index (κ1) is 22.4. The molecule has 0 saturated carbocycles. The molecule has 1 aliphatic heterocycles. The molecule has 8 nitrogen and oxygen atoms in total. The third kappa shape index (κ3) is 5.32. The van der Waals surface area contributed by atoms with Crippen molar-refractivity contribution < 1.29 is 19.1 Å². The number of likely N-dealkylation sites (tertiary alicyclic amines) is 1. The van der Waals surface area contributed by atoms with Crippen LogP contribution in [-0.2, 0) is 25.6 Å². The van der Waals surface area contributed by atoms with E-state index in [1.807, 2.05) is 49.7 Å². The maximum atomic E-state index is 12.8. The average molecular weight is 395 g/mol. The molecule has 0 aliphatic carbocycles. The van der Waals surface area contributed by atoms with Crippen LogP contribution in [0.1, 0.15) is 45.7 Å². The first-order valence-corrected chi connectivity index (χ1v) is 9.79. The van der Waals surface area contributed by atoms with Gasteiger partial charge < -0.3 is 19.7 Å². The fourth-order valence-electron chi connectivity index (χ4n) is 3.77. The van der Waals surface area contributed by atoms with Crippen LogP contribution in [0.5, 0.6) is 0 Å². The van der Waals surface area contributed by atoms with Crippen LogP contribution in [0.3, 0.4) is 0 Å². The molecular formula is C20H34N4O4. The summed E-state index contributed by atoms with van der Waals surface area (Å²) in [7, 11) is 3.24. The molecule has 0 unspecified atom stereocenters. The first-order valence-electron chi connectivity index (χ1n) is 9.79. The minimum absolute atomic E-state index is 0.00880. The summed E-state index contributed by atoms with van der Waals surface area (Å²) in [6.45, 7) is 9.99. The summed E-state index contributed by atoms with van der Waals surface area (Å²) in [4.78, 5) is 27.0. The Labute approximate surface area is 167 Å². The second-order valence-electron chi connectivity index (χ2n) is 8.47. The van der Waals surface area contributed by atoms with Gasteiger partial charge in [-0.25, -0.2) is 0 Å². The topological polar surface area (TPSA) is 85.7 Å². The van der Waals surface area contributed by atoms with Crippen molar-refractivity contribution in [3.8, 4) is 0 Å². The van der Waals surface area contributed by atoms with Crippen molar-refractivity contribution in [3.05, 3.63) is 18.0 Å². The molecule has 8 heteroatoms. The summed E-state index contributed by atoms with van der Waals surface area (Å²) in [5, 5.41) is 7.41. The highest BCUT2D eigenvalue weighted by molar-refractivity contribution is 5.81. The number of hydrogen-bond donors (Lipinski definition) is 1. The molecule has 1 aromatic heterocycles. The second kappa shape index (κ2) is 9.52. The third-order valence-electron chi connectivity index (χ3n) is 5.07. The van der Waals surface area contributed by atoms with E-state index in [2.05, 4.69) is 10.4 Å². The molecule has 0 radical (unpaired) electrons. The zero-order chi connectivity index (χ0) is 20.9. The third-order valence-corrected chi connectivity index (χ3v) is 5.07. The maximum Gasteiger partial charge on any atom is 0.225 e. The maximum absolute atomic E-state index is 12.8. The van der Waals surface area contributed by atoms with Crippen molar-refractivity contribution in [2.24, 2.45) is 11.8 Å². The summed E-state index contributed by atoms with van der Waals surface area (Å²) in [5.41, 5.74) is 0.666. The lowest BCUT2D eigenvalue weighted by atomic mass is 9.93. The Morgan fingerprint density at radius 2 is 2.07 bits per heavy atom. The molecule has 1 aliphatic rings. The number of ether oxygens (including phenoxy) is 2. The smallest absolute Gasteiger partial charge is 0.225 e. The van der Waals surface area contributed by atoms with Crippen molar-refractivity contribution in [3.63, 3.8) is 0 Å². The standard InChI is InChI=1S/C20H34N4O4/c1-14(13-28-6)19(26)21-10-15-9-17(25)24(20(2,3)4)18(15)16-11-22-23(12-16)7-8-27-5/h11-12,14-15,18H,7-10,13H2,1-6H3,(H,21,26)/t14-,15-,18+/m0/s1. The minimum Gasteiger partial charge on any atom is -0.384 e. The quantitative estimate of drug-likeness (QED) is 0.688. The van der Waals surface area contributed by atoms with Crippen LogP contribution >= 0.6 is 0 Å². The van der Waals surface area contributed by atoms with Gasteiger partial charge in [-0.2, -0.15) is 5.10 Å². The Morgan fingerprint density at radius 3 is 2.68 bits per heavy atom. The Morgan fingerprint density at radius 1 is 1.36 bits per heavy atom. The molecule has 0 spiro atoms. The lowest BCUT2D eigenvalue weighted by Gasteiger charge is -2.38. The number of hydrogen-bond acceptors (Lipinski definition) is 5. The van der Waals surface area contributed by atoms with Gasteiger partial charge in [-0.05, 0) is 20.8 Å². The van der Waals surface area contributed by atoms with E-state index in [1.54, 1.807) is 14.2 Å². The molecule has 28 heavy (non-hydrogen) atoms. The van der Waals surface area contributed by atoms with E-state index in [0.717, 1.165) is 5.56 Å². The van der Waals surface area contributed by atoms with Gasteiger partial charge in [-0.15, -0.1) is 0 Å². The van der Waals surface area contributed by atoms with Crippen molar-refractivity contribution in [2.45, 2.75) is 52.2 Å². The van der Waals surface area contributed by atoms with Crippen LogP contribution in [0, 0.1) is 11.8 Å². The van der Waals surface area contributed by atoms with Gasteiger partial charge in [0, 0.05) is 50.4 Å². The zero-order valence-corrected chi connectivity index (χ0v) is 17.9. The summed E-state index contributed by atoms with van der Waals surface area (Å²) in [6.07, 6.45) is 4.20. The van der Waals surface area contributed by atoms with Crippen molar-refractivity contribution in [2.75, 3.05) is 34.0 Å². The van der Waals surface area contributed by atoms with Crippen LogP contribution in [0.15, 0.2) is 12.4 Å². The van der Waals surface area contributed by atoms with E-state index in [1.165, 1.54) is 0 Å². The van der Waals surface area contributed by atoms with Gasteiger partial charge >= 0.3 is 0 Å². The highest BCUT2D eigenvalue weighted by Crippen LogP contribution is 2.42. The predicted octanol–water partition coefficient (Wildman–Crippen LogP) is 1.62. The highest BCUT2D eigenvalue weighted by Gasteiger charge is 2.46. The largest absolute Gasteiger partial charge is 0.384 e. The Bertz CT molecular complexity index is 667. The summed E-state index contributed by atoms with van der Waals surface area (Å²) < 4.78 is 12.0. The number of methoxy groups -OCH3 is 2. The molecule has 0 aromatic carbocycles. The molecule has 1 aromatic rings. The molecule has 3 atom stereocenters. The highest BCUT2D eigenvalue weighted by atomic mass is 16.5. The van der Waals surface area contributed by atoms with Crippen LogP contribution in [-0.4, -0.2) is 66.0 Å². The Hall–Kier alpha value is -1.93. The fourth-order valence-corrected chi connectivity index (χ4v) is 3.77. The fraction of sp³-hybridized carbons (Fsp3) is 0.750. The molecule has 1 fully saturated rings. The molecular weight excluding hydrogens is 360 g/mol. The number of nitrogens with one attached hydrogen (secondary N) is 1. The van der Waals surface area contributed by atoms with Gasteiger partial charge in [0.15, 0.2) is 0 Å². The van der Waals surface area contributed by atoms with E-state index < -0.39 is 0 Å². The normalized spacial score (nSPS) is 21.2. The van der Waals surface area contributed by atoms with Gasteiger partial charge in [0.25, 0.3) is 0 Å². The van der Waals surface area contributed by atoms with Gasteiger partial charge in [-0.3, -0.25) is 14.3 Å². The number of carbonyl (C=O) groups excluding carboxylic acids is 2. The van der Waals surface area contributed by atoms with Crippen molar-refractivity contribution >= 4 is 11.8 Å². The average Bonchev–Trinajstić information content (AvgIpc) is 3.21. The van der Waals surface area contributed by atoms with E-state index in [4.69, 9.17) is 9.47 Å². The monoisotopic (exact) mass is 394 g/mol. The van der Waals surface area contributed by atoms with E-state index in [9.17, 15) is 9.59 Å². The molecule has 1 saturated heterocycles. The first-order chi connectivity index (χ1) is 13.2. The summed E-state index contributed by atoms with van der Waals surface area (Å²) in [6, 6.07) is -0.123. The van der Waals surface area contributed by atoms with Crippen LogP contribution < -0.4 is 5.32 Å². The lowest BCUT2D eigenvalue weighted by molar-refractivity contribution is -0.133. The number of carbonyl (C=O) groups is 2. The van der Waals surface area contributed by atoms with Gasteiger partial charge in [0.1, 0.15) is 0 Å². The SMILES string of the molecule is COCCn1cc([C@H]2[C@H](CNC(=O)[C@@H](C)COC)CC(=O)N2C(C)(C)C)cn1. The van der Waals surface area contributed by atoms with E-state index >= 15 is 0 Å². The minimum atomic E-state index is -0.321. The second-order valence-corrected chi connectivity index (χ2v) is 8.47. The number of nitrogens with zero attached hydrogens (tertiary/aromatic N) is 3. The molecule has 2 amide bonds. The van der Waals surface area contributed by atoms with Crippen LogP contribution in [0.4, 0.5) is 0 Å². The Kier molecular flexibility index (Phi) is 7.60. The Balaban J connectivity index is 2.19. The molecule has 0 bridgehead atoms. The molecule has 1 N–H and O–H groups in total. The number of amides is 2. The molecule has 2 rings (SSSR count). The van der Waals surface area contributed by atoms with E-state index in [0.29, 0.717) is 32.7 Å². The van der Waals surface area contributed by atoms with Gasteiger partial charge in [-0.1, -0.05) is 6.92 Å². The van der Waals surface area contributed by atoms with E-state index in [-0.39, 0.29) is 35.2 Å². The zero-order valence-electron chi connectivity index (χ0n) is 17.9. The summed E-state index contributed by atoms with van der Waals surface area (Å²) >= 11 is 0. The summed E-state index contributed by atoms with van der Waals surface area (Å²) in [5.74, 6) is -0.189. The number of aromatic nitrogens is 2. The predicted molar refractivity (Wildman–Crippen MR) is 106 cm³/mol. The lowest BCUT2D eigenvalue weighted by Crippen LogP contribution is -2.45. The van der Waals surface area contributed by atoms with Gasteiger partial charge in [0.05, 0.1) is 37.9 Å². The van der Waals surface area contributed by atoms with Crippen molar-refractivity contribution in [1.29, 1.82) is 0 Å². The molecule has 158 valence electrons. The number of rotatable bonds is 9.